The summed E-state index contributed by atoms with van der Waals surface area (Å²) in [5.74, 6) is 0.565. The molecule has 0 radical (unpaired) electrons. The van der Waals surface area contributed by atoms with Crippen LogP contribution in [-0.2, 0) is 4.79 Å². The molecule has 17 heavy (non-hydrogen) atoms. The van der Waals surface area contributed by atoms with Crippen molar-refractivity contribution >= 4 is 27.5 Å². The number of nitrogen functional groups attached to an aromatic ring is 1. The molecule has 0 aliphatic carbocycles. The monoisotopic (exact) mass is 300 g/mol. The number of nitrogens with zero attached hydrogens (tertiary/aromatic N) is 1. The third-order valence-electron chi connectivity index (χ3n) is 2.42. The SMILES string of the molecule is CCN(CC)C(=O)COc1cc(N)ccc1Br. The van der Waals surface area contributed by atoms with Gasteiger partial charge >= 0.3 is 0 Å². The van der Waals surface area contributed by atoms with Gasteiger partial charge in [0, 0.05) is 24.8 Å². The summed E-state index contributed by atoms with van der Waals surface area (Å²) in [7, 11) is 0. The zero-order chi connectivity index (χ0) is 12.8. The lowest BCUT2D eigenvalue weighted by atomic mass is 10.3. The van der Waals surface area contributed by atoms with E-state index in [0.717, 1.165) is 4.47 Å². The average Bonchev–Trinajstić information content (AvgIpc) is 2.32. The van der Waals surface area contributed by atoms with Gasteiger partial charge in [-0.05, 0) is 41.9 Å². The van der Waals surface area contributed by atoms with Crippen LogP contribution in [0.4, 0.5) is 5.69 Å². The standard InChI is InChI=1S/C12H17BrN2O2/c1-3-15(4-2)12(16)8-17-11-7-9(14)5-6-10(11)13/h5-7H,3-4,8,14H2,1-2H3. The first-order chi connectivity index (χ1) is 8.08. The number of likely N-dealkylation sites (N-methyl/N-ethyl adjacent to an activating group) is 1. The van der Waals surface area contributed by atoms with E-state index in [-0.39, 0.29) is 12.5 Å². The van der Waals surface area contributed by atoms with Crippen molar-refractivity contribution in [1.82, 2.24) is 4.90 Å². The number of carbonyl (C=O) groups is 1. The van der Waals surface area contributed by atoms with E-state index in [0.29, 0.717) is 24.5 Å². The summed E-state index contributed by atoms with van der Waals surface area (Å²) >= 11 is 3.35. The molecule has 0 spiro atoms. The fourth-order valence-corrected chi connectivity index (χ4v) is 1.80. The second-order valence-corrected chi connectivity index (χ2v) is 4.40. The van der Waals surface area contributed by atoms with Crippen LogP contribution < -0.4 is 10.5 Å². The number of benzene rings is 1. The lowest BCUT2D eigenvalue weighted by molar-refractivity contribution is -0.132. The van der Waals surface area contributed by atoms with Gasteiger partial charge < -0.3 is 15.4 Å². The summed E-state index contributed by atoms with van der Waals surface area (Å²) in [4.78, 5) is 13.5. The third-order valence-corrected chi connectivity index (χ3v) is 3.08. The number of ether oxygens (including phenoxy) is 1. The molecule has 1 rings (SSSR count). The predicted octanol–water partition coefficient (Wildman–Crippen LogP) is 2.28. The van der Waals surface area contributed by atoms with E-state index in [4.69, 9.17) is 10.5 Å². The Bertz CT molecular complexity index is 392. The number of anilines is 1. The van der Waals surface area contributed by atoms with E-state index < -0.39 is 0 Å². The molecule has 0 aliphatic rings. The van der Waals surface area contributed by atoms with E-state index in [1.807, 2.05) is 13.8 Å². The highest BCUT2D eigenvalue weighted by Gasteiger charge is 2.11. The molecule has 1 amide bonds. The first-order valence-corrected chi connectivity index (χ1v) is 6.33. The number of nitrogens with two attached hydrogens (primary N) is 1. The predicted molar refractivity (Wildman–Crippen MR) is 72.0 cm³/mol. The number of amides is 1. The molecule has 0 aromatic heterocycles. The maximum Gasteiger partial charge on any atom is 0.260 e. The van der Waals surface area contributed by atoms with Crippen molar-refractivity contribution in [2.75, 3.05) is 25.4 Å². The van der Waals surface area contributed by atoms with Crippen LogP contribution in [0, 0.1) is 0 Å². The quantitative estimate of drug-likeness (QED) is 0.849. The molecule has 1 aromatic carbocycles. The van der Waals surface area contributed by atoms with E-state index in [2.05, 4.69) is 15.9 Å². The summed E-state index contributed by atoms with van der Waals surface area (Å²) in [5.41, 5.74) is 6.26. The zero-order valence-corrected chi connectivity index (χ0v) is 11.7. The van der Waals surface area contributed by atoms with Crippen LogP contribution in [0.1, 0.15) is 13.8 Å². The lowest BCUT2D eigenvalue weighted by Gasteiger charge is -2.19. The molecular formula is C12H17BrN2O2. The summed E-state index contributed by atoms with van der Waals surface area (Å²) in [6, 6.07) is 5.26. The summed E-state index contributed by atoms with van der Waals surface area (Å²) < 4.78 is 6.24. The highest BCUT2D eigenvalue weighted by atomic mass is 79.9. The molecule has 0 bridgehead atoms. The van der Waals surface area contributed by atoms with Crippen molar-refractivity contribution in [2.45, 2.75) is 13.8 Å². The van der Waals surface area contributed by atoms with Gasteiger partial charge in [0.25, 0.3) is 5.91 Å². The van der Waals surface area contributed by atoms with E-state index in [1.165, 1.54) is 0 Å². The minimum atomic E-state index is -0.0238. The smallest absolute Gasteiger partial charge is 0.260 e. The van der Waals surface area contributed by atoms with Crippen LogP contribution in [-0.4, -0.2) is 30.5 Å². The molecule has 94 valence electrons. The topological polar surface area (TPSA) is 55.6 Å². The van der Waals surface area contributed by atoms with Crippen molar-refractivity contribution in [2.24, 2.45) is 0 Å². The van der Waals surface area contributed by atoms with Gasteiger partial charge in [-0.1, -0.05) is 0 Å². The zero-order valence-electron chi connectivity index (χ0n) is 10.1. The summed E-state index contributed by atoms with van der Waals surface area (Å²) in [6.45, 7) is 5.30. The lowest BCUT2D eigenvalue weighted by Crippen LogP contribution is -2.34. The second-order valence-electron chi connectivity index (χ2n) is 3.54. The Hall–Kier alpha value is -1.23. The van der Waals surface area contributed by atoms with Crippen molar-refractivity contribution in [1.29, 1.82) is 0 Å². The third kappa shape index (κ3) is 3.93. The maximum atomic E-state index is 11.7. The Morgan fingerprint density at radius 1 is 1.41 bits per heavy atom. The molecule has 2 N–H and O–H groups in total. The Labute approximate surface area is 110 Å². The first kappa shape index (κ1) is 13.8. The minimum Gasteiger partial charge on any atom is -0.483 e. The Kier molecular flexibility index (Phi) is 5.28. The number of carbonyl (C=O) groups excluding carboxylic acids is 1. The molecule has 0 atom stereocenters. The van der Waals surface area contributed by atoms with Gasteiger partial charge in [0.1, 0.15) is 5.75 Å². The van der Waals surface area contributed by atoms with Crippen LogP contribution in [0.15, 0.2) is 22.7 Å². The first-order valence-electron chi connectivity index (χ1n) is 5.54. The van der Waals surface area contributed by atoms with Crippen LogP contribution in [0.2, 0.25) is 0 Å². The van der Waals surface area contributed by atoms with Crippen molar-refractivity contribution in [3.8, 4) is 5.75 Å². The molecule has 0 saturated heterocycles. The number of rotatable bonds is 5. The highest BCUT2D eigenvalue weighted by molar-refractivity contribution is 9.10. The molecular weight excluding hydrogens is 284 g/mol. The molecule has 4 nitrogen and oxygen atoms in total. The highest BCUT2D eigenvalue weighted by Crippen LogP contribution is 2.26. The van der Waals surface area contributed by atoms with Gasteiger partial charge in [-0.2, -0.15) is 0 Å². The van der Waals surface area contributed by atoms with E-state index in [1.54, 1.807) is 23.1 Å². The minimum absolute atomic E-state index is 0.0238. The molecule has 1 aromatic rings. The van der Waals surface area contributed by atoms with Gasteiger partial charge in [0.15, 0.2) is 6.61 Å². The number of halogens is 1. The number of hydrogen-bond donors (Lipinski definition) is 1. The molecule has 0 fully saturated rings. The molecule has 0 saturated carbocycles. The molecule has 0 heterocycles. The van der Waals surface area contributed by atoms with Crippen molar-refractivity contribution in [3.05, 3.63) is 22.7 Å². The van der Waals surface area contributed by atoms with Crippen molar-refractivity contribution in [3.63, 3.8) is 0 Å². The number of hydrogen-bond acceptors (Lipinski definition) is 3. The summed E-state index contributed by atoms with van der Waals surface area (Å²) in [5, 5.41) is 0. The molecule has 5 heteroatoms. The largest absolute Gasteiger partial charge is 0.483 e. The fourth-order valence-electron chi connectivity index (χ4n) is 1.44. The maximum absolute atomic E-state index is 11.7. The van der Waals surface area contributed by atoms with Gasteiger partial charge in [-0.3, -0.25) is 4.79 Å². The van der Waals surface area contributed by atoms with Gasteiger partial charge in [0.2, 0.25) is 0 Å². The van der Waals surface area contributed by atoms with Crippen LogP contribution in [0.25, 0.3) is 0 Å². The average molecular weight is 301 g/mol. The van der Waals surface area contributed by atoms with Gasteiger partial charge in [-0.15, -0.1) is 0 Å². The van der Waals surface area contributed by atoms with Crippen LogP contribution >= 0.6 is 15.9 Å². The normalized spacial score (nSPS) is 10.1. The Morgan fingerprint density at radius 2 is 2.06 bits per heavy atom. The summed E-state index contributed by atoms with van der Waals surface area (Å²) in [6.07, 6.45) is 0. The molecule has 0 aliphatic heterocycles. The van der Waals surface area contributed by atoms with Crippen LogP contribution in [0.3, 0.4) is 0 Å². The van der Waals surface area contributed by atoms with E-state index in [9.17, 15) is 4.79 Å². The second kappa shape index (κ2) is 6.49. The van der Waals surface area contributed by atoms with E-state index >= 15 is 0 Å². The van der Waals surface area contributed by atoms with Crippen LogP contribution in [0.5, 0.6) is 5.75 Å². The van der Waals surface area contributed by atoms with Gasteiger partial charge in [-0.25, -0.2) is 0 Å². The Balaban J connectivity index is 2.61. The van der Waals surface area contributed by atoms with Gasteiger partial charge in [0.05, 0.1) is 4.47 Å². The molecule has 0 unspecified atom stereocenters. The fraction of sp³-hybridized carbons (Fsp3) is 0.417. The van der Waals surface area contributed by atoms with Crippen molar-refractivity contribution < 1.29 is 9.53 Å². The Morgan fingerprint density at radius 3 is 2.65 bits per heavy atom.